The third-order valence-corrected chi connectivity index (χ3v) is 4.46. The fraction of sp³-hybridized carbons (Fsp3) is 0.294. The van der Waals surface area contributed by atoms with Gasteiger partial charge < -0.3 is 5.32 Å². The molecule has 0 fully saturated rings. The first kappa shape index (κ1) is 14.6. The average Bonchev–Trinajstić information content (AvgIpc) is 3.26. The summed E-state index contributed by atoms with van der Waals surface area (Å²) in [5.41, 5.74) is 2.92. The Labute approximate surface area is 139 Å². The second-order valence-electron chi connectivity index (χ2n) is 5.96. The summed E-state index contributed by atoms with van der Waals surface area (Å²) in [6.45, 7) is 0. The van der Waals surface area contributed by atoms with Gasteiger partial charge in [-0.2, -0.15) is 5.10 Å². The summed E-state index contributed by atoms with van der Waals surface area (Å²) in [4.78, 5) is 20.9. The van der Waals surface area contributed by atoms with Crippen molar-refractivity contribution in [2.24, 2.45) is 7.05 Å². The van der Waals surface area contributed by atoms with E-state index in [1.165, 1.54) is 5.69 Å². The molecule has 1 atom stereocenters. The first-order chi connectivity index (χ1) is 11.7. The molecule has 1 aliphatic rings. The first-order valence-electron chi connectivity index (χ1n) is 7.98. The van der Waals surface area contributed by atoms with Crippen molar-refractivity contribution >= 4 is 5.91 Å². The lowest BCUT2D eigenvalue weighted by Crippen LogP contribution is -2.31. The summed E-state index contributed by atoms with van der Waals surface area (Å²) in [6.07, 6.45) is 11.6. The molecular formula is C17H18N6O. The van der Waals surface area contributed by atoms with Gasteiger partial charge in [-0.15, -0.1) is 0 Å². The number of aryl methyl sites for hydroxylation is 1. The fourth-order valence-corrected chi connectivity index (χ4v) is 3.19. The maximum Gasteiger partial charge on any atom is 0.251 e. The van der Waals surface area contributed by atoms with Gasteiger partial charge in [0, 0.05) is 42.5 Å². The molecule has 1 N–H and O–H groups in total. The molecule has 0 aromatic carbocycles. The van der Waals surface area contributed by atoms with E-state index in [9.17, 15) is 4.79 Å². The molecule has 3 heterocycles. The standard InChI is InChI=1S/C17H18N6O/c1-22-15-4-2-3-14(13(15)10-20-22)21-17(24)12-5-6-19-16(9-12)23-8-7-18-11-23/h5-11,14H,2-4H2,1H3,(H,21,24)/t14-/m0/s1. The van der Waals surface area contributed by atoms with Crippen molar-refractivity contribution < 1.29 is 4.79 Å². The van der Waals surface area contributed by atoms with Gasteiger partial charge in [-0.05, 0) is 31.4 Å². The largest absolute Gasteiger partial charge is 0.345 e. The Morgan fingerprint density at radius 2 is 2.29 bits per heavy atom. The Morgan fingerprint density at radius 3 is 3.12 bits per heavy atom. The topological polar surface area (TPSA) is 77.6 Å². The third-order valence-electron chi connectivity index (χ3n) is 4.46. The predicted octanol–water partition coefficient (Wildman–Crippen LogP) is 1.81. The van der Waals surface area contributed by atoms with Gasteiger partial charge in [0.25, 0.3) is 5.91 Å². The lowest BCUT2D eigenvalue weighted by Gasteiger charge is -2.23. The molecule has 0 saturated carbocycles. The van der Waals surface area contributed by atoms with Crippen molar-refractivity contribution in [2.75, 3.05) is 0 Å². The number of nitrogens with zero attached hydrogens (tertiary/aromatic N) is 5. The Balaban J connectivity index is 1.56. The second kappa shape index (κ2) is 5.92. The first-order valence-corrected chi connectivity index (χ1v) is 7.98. The number of aromatic nitrogens is 5. The zero-order valence-electron chi connectivity index (χ0n) is 13.4. The molecule has 7 heteroatoms. The van der Waals surface area contributed by atoms with Crippen LogP contribution in [0.2, 0.25) is 0 Å². The molecule has 0 aliphatic heterocycles. The number of hydrogen-bond donors (Lipinski definition) is 1. The maximum atomic E-state index is 12.7. The summed E-state index contributed by atoms with van der Waals surface area (Å²) in [5.74, 6) is 0.575. The maximum absolute atomic E-state index is 12.7. The third kappa shape index (κ3) is 2.58. The van der Waals surface area contributed by atoms with E-state index in [0.717, 1.165) is 24.8 Å². The lowest BCUT2D eigenvalue weighted by atomic mass is 9.93. The molecule has 0 spiro atoms. The molecule has 0 bridgehead atoms. The van der Waals surface area contributed by atoms with Gasteiger partial charge >= 0.3 is 0 Å². The highest BCUT2D eigenvalue weighted by Gasteiger charge is 2.25. The number of rotatable bonds is 3. The van der Waals surface area contributed by atoms with Crippen molar-refractivity contribution in [3.63, 3.8) is 0 Å². The minimum Gasteiger partial charge on any atom is -0.345 e. The van der Waals surface area contributed by atoms with Crippen molar-refractivity contribution in [1.29, 1.82) is 0 Å². The van der Waals surface area contributed by atoms with Crippen LogP contribution in [0.15, 0.2) is 43.2 Å². The van der Waals surface area contributed by atoms with Gasteiger partial charge in [0.15, 0.2) is 0 Å². The van der Waals surface area contributed by atoms with E-state index in [0.29, 0.717) is 11.4 Å². The van der Waals surface area contributed by atoms with E-state index < -0.39 is 0 Å². The predicted molar refractivity (Wildman–Crippen MR) is 87.7 cm³/mol. The van der Waals surface area contributed by atoms with Crippen LogP contribution in [0.4, 0.5) is 0 Å². The van der Waals surface area contributed by atoms with Gasteiger partial charge in [-0.3, -0.25) is 14.0 Å². The van der Waals surface area contributed by atoms with Crippen LogP contribution >= 0.6 is 0 Å². The van der Waals surface area contributed by atoms with E-state index >= 15 is 0 Å². The molecule has 122 valence electrons. The number of amides is 1. The molecular weight excluding hydrogens is 304 g/mol. The molecule has 0 unspecified atom stereocenters. The molecule has 1 amide bonds. The number of carbonyl (C=O) groups excluding carboxylic acids is 1. The monoisotopic (exact) mass is 322 g/mol. The summed E-state index contributed by atoms with van der Waals surface area (Å²) < 4.78 is 3.67. The van der Waals surface area contributed by atoms with Gasteiger partial charge in [-0.25, -0.2) is 9.97 Å². The Morgan fingerprint density at radius 1 is 1.38 bits per heavy atom. The molecule has 7 nitrogen and oxygen atoms in total. The summed E-state index contributed by atoms with van der Waals surface area (Å²) in [6, 6.07) is 3.51. The molecule has 3 aromatic rings. The Hall–Kier alpha value is -2.96. The van der Waals surface area contributed by atoms with Crippen molar-refractivity contribution in [1.82, 2.24) is 29.6 Å². The molecule has 24 heavy (non-hydrogen) atoms. The summed E-state index contributed by atoms with van der Waals surface area (Å²) in [7, 11) is 1.95. The minimum absolute atomic E-state index is 0.0137. The van der Waals surface area contributed by atoms with Crippen LogP contribution in [-0.4, -0.2) is 30.2 Å². The normalized spacial score (nSPS) is 16.6. The van der Waals surface area contributed by atoms with Crippen molar-refractivity contribution in [3.8, 4) is 5.82 Å². The molecule has 0 radical (unpaired) electrons. The molecule has 4 rings (SSSR count). The van der Waals surface area contributed by atoms with Gasteiger partial charge in [-0.1, -0.05) is 0 Å². The van der Waals surface area contributed by atoms with Crippen LogP contribution in [0.3, 0.4) is 0 Å². The Bertz CT molecular complexity index is 867. The fourth-order valence-electron chi connectivity index (χ4n) is 3.19. The van der Waals surface area contributed by atoms with Crippen molar-refractivity contribution in [3.05, 3.63) is 60.1 Å². The zero-order valence-corrected chi connectivity index (χ0v) is 13.4. The van der Waals surface area contributed by atoms with E-state index in [1.807, 2.05) is 17.9 Å². The van der Waals surface area contributed by atoms with Gasteiger partial charge in [0.1, 0.15) is 12.1 Å². The molecule has 1 aliphatic carbocycles. The number of hydrogen-bond acceptors (Lipinski definition) is 4. The van der Waals surface area contributed by atoms with E-state index in [1.54, 1.807) is 41.6 Å². The lowest BCUT2D eigenvalue weighted by molar-refractivity contribution is 0.0932. The number of imidazole rings is 1. The van der Waals surface area contributed by atoms with Crippen LogP contribution in [0.1, 0.15) is 40.5 Å². The highest BCUT2D eigenvalue weighted by Crippen LogP contribution is 2.29. The quantitative estimate of drug-likeness (QED) is 0.798. The van der Waals surface area contributed by atoms with E-state index in [-0.39, 0.29) is 11.9 Å². The molecule has 3 aromatic heterocycles. The number of carbonyl (C=O) groups is 1. The van der Waals surface area contributed by atoms with Crippen LogP contribution in [0, 0.1) is 0 Å². The van der Waals surface area contributed by atoms with Crippen LogP contribution in [0.25, 0.3) is 5.82 Å². The van der Waals surface area contributed by atoms with E-state index in [4.69, 9.17) is 0 Å². The smallest absolute Gasteiger partial charge is 0.251 e. The number of fused-ring (bicyclic) bond motifs is 1. The number of nitrogens with one attached hydrogen (secondary N) is 1. The van der Waals surface area contributed by atoms with E-state index in [2.05, 4.69) is 20.4 Å². The summed E-state index contributed by atoms with van der Waals surface area (Å²) >= 11 is 0. The second-order valence-corrected chi connectivity index (χ2v) is 5.96. The SMILES string of the molecule is Cn1ncc2c1CCC[C@@H]2NC(=O)c1ccnc(-n2ccnc2)c1. The van der Waals surface area contributed by atoms with Gasteiger partial charge in [0.05, 0.1) is 12.2 Å². The average molecular weight is 322 g/mol. The van der Waals surface area contributed by atoms with Crippen molar-refractivity contribution in [2.45, 2.75) is 25.3 Å². The number of pyridine rings is 1. The highest BCUT2D eigenvalue weighted by molar-refractivity contribution is 5.94. The zero-order chi connectivity index (χ0) is 16.5. The van der Waals surface area contributed by atoms with Gasteiger partial charge in [0.2, 0.25) is 0 Å². The summed E-state index contributed by atoms with van der Waals surface area (Å²) in [5, 5.41) is 7.45. The minimum atomic E-state index is -0.0968. The van der Waals surface area contributed by atoms with Crippen LogP contribution in [0.5, 0.6) is 0 Å². The van der Waals surface area contributed by atoms with Crippen LogP contribution in [-0.2, 0) is 13.5 Å². The Kier molecular flexibility index (Phi) is 3.60. The molecule has 0 saturated heterocycles. The van der Waals surface area contributed by atoms with Crippen LogP contribution < -0.4 is 5.32 Å². The highest BCUT2D eigenvalue weighted by atomic mass is 16.1.